The molecule has 11 heteroatoms. The molecule has 4 rings (SSSR count). The third-order valence-electron chi connectivity index (χ3n) is 5.04. The lowest BCUT2D eigenvalue weighted by Gasteiger charge is -2.18. The van der Waals surface area contributed by atoms with Gasteiger partial charge in [0.1, 0.15) is 5.82 Å². The zero-order valence-electron chi connectivity index (χ0n) is 17.2. The summed E-state index contributed by atoms with van der Waals surface area (Å²) in [5.41, 5.74) is 1.14. The molecular weight excluding hydrogens is 398 g/mol. The van der Waals surface area contributed by atoms with E-state index < -0.39 is 0 Å². The number of aromatic nitrogens is 5. The first-order valence-electron chi connectivity index (χ1n) is 9.58. The van der Waals surface area contributed by atoms with Gasteiger partial charge in [-0.3, -0.25) is 9.48 Å². The van der Waals surface area contributed by atoms with Crippen LogP contribution in [0, 0.1) is 6.57 Å². The van der Waals surface area contributed by atoms with Crippen molar-refractivity contribution in [2.24, 2.45) is 7.05 Å². The minimum absolute atomic E-state index is 0.120. The number of nitrogens with one attached hydrogen (secondary N) is 2. The zero-order valence-corrected chi connectivity index (χ0v) is 17.2. The lowest BCUT2D eigenvalue weighted by molar-refractivity contribution is -0.111. The van der Waals surface area contributed by atoms with Crippen LogP contribution in [-0.4, -0.2) is 56.9 Å². The Morgan fingerprint density at radius 1 is 1.42 bits per heavy atom. The Labute approximate surface area is 178 Å². The maximum Gasteiger partial charge on any atom is 0.264 e. The van der Waals surface area contributed by atoms with Gasteiger partial charge in [-0.2, -0.15) is 10.1 Å². The number of hydrogen-bond acceptors (Lipinski definition) is 8. The molecule has 0 spiro atoms. The van der Waals surface area contributed by atoms with Crippen molar-refractivity contribution in [1.29, 1.82) is 0 Å². The van der Waals surface area contributed by atoms with Gasteiger partial charge < -0.3 is 20.3 Å². The number of anilines is 3. The highest BCUT2D eigenvalue weighted by atomic mass is 16.5. The molecule has 0 aliphatic carbocycles. The summed E-state index contributed by atoms with van der Waals surface area (Å²) in [5, 5.41) is 11.1. The molecule has 3 aromatic heterocycles. The molecule has 31 heavy (non-hydrogen) atoms. The van der Waals surface area contributed by atoms with Crippen LogP contribution in [0.3, 0.4) is 0 Å². The molecule has 3 aromatic rings. The van der Waals surface area contributed by atoms with Gasteiger partial charge in [-0.25, -0.2) is 14.8 Å². The smallest absolute Gasteiger partial charge is 0.264 e. The molecule has 0 bridgehead atoms. The molecule has 1 saturated heterocycles. The normalized spacial score (nSPS) is 15.5. The van der Waals surface area contributed by atoms with Crippen molar-refractivity contribution in [1.82, 2.24) is 24.7 Å². The molecular formula is C20H21N9O2. The lowest BCUT2D eigenvalue weighted by Crippen LogP contribution is -2.27. The number of pyridine rings is 1. The summed E-state index contributed by atoms with van der Waals surface area (Å²) in [6.45, 7) is 12.1. The summed E-state index contributed by atoms with van der Waals surface area (Å²) in [5.74, 6) is 1.64. The van der Waals surface area contributed by atoms with E-state index in [1.165, 1.54) is 19.4 Å². The summed E-state index contributed by atoms with van der Waals surface area (Å²) in [4.78, 5) is 30.2. The van der Waals surface area contributed by atoms with Crippen LogP contribution < -0.4 is 20.3 Å². The van der Waals surface area contributed by atoms with Crippen molar-refractivity contribution in [2.75, 3.05) is 35.7 Å². The van der Waals surface area contributed by atoms with Crippen LogP contribution in [0.5, 0.6) is 5.88 Å². The van der Waals surface area contributed by atoms with Gasteiger partial charge in [0, 0.05) is 44.6 Å². The number of carbonyl (C=O) groups is 1. The molecule has 1 amide bonds. The SMILES string of the molecule is [C-]#[N+]c1cnc(N[C@@H]2CCN(c3cc4c(cn3)c(NC(=O)C=C)nn4C)C2)nc1OC. The van der Waals surface area contributed by atoms with E-state index in [0.717, 1.165) is 29.7 Å². The lowest BCUT2D eigenvalue weighted by atomic mass is 10.3. The summed E-state index contributed by atoms with van der Waals surface area (Å²) in [6, 6.07) is 2.08. The zero-order chi connectivity index (χ0) is 22.0. The van der Waals surface area contributed by atoms with Gasteiger partial charge in [-0.05, 0) is 12.5 Å². The van der Waals surface area contributed by atoms with E-state index in [-0.39, 0.29) is 23.5 Å². The first kappa shape index (κ1) is 20.1. The van der Waals surface area contributed by atoms with Gasteiger partial charge in [-0.1, -0.05) is 6.58 Å². The van der Waals surface area contributed by atoms with E-state index >= 15 is 0 Å². The van der Waals surface area contributed by atoms with Crippen LogP contribution in [0.25, 0.3) is 15.7 Å². The molecule has 1 aliphatic rings. The minimum atomic E-state index is -0.319. The monoisotopic (exact) mass is 419 g/mol. The number of methoxy groups -OCH3 is 1. The average molecular weight is 419 g/mol. The second kappa shape index (κ2) is 8.27. The quantitative estimate of drug-likeness (QED) is 0.461. The maximum atomic E-state index is 11.6. The number of carbonyl (C=O) groups excluding carboxylic acids is 1. The standard InChI is InChI=1S/C20H21N9O2/c1-5-17(30)25-18-13-9-22-16(8-15(13)28(3)27-18)29-7-6-12(11-29)24-20-23-10-14(21-2)19(26-20)31-4/h5,8-10,12H,1,6-7,11H2,3-4H3,(H,23,24,26)(H,25,27,30)/t12-/m1/s1. The number of nitrogens with zero attached hydrogens (tertiary/aromatic N) is 7. The van der Waals surface area contributed by atoms with Crippen molar-refractivity contribution in [2.45, 2.75) is 12.5 Å². The molecule has 0 unspecified atom stereocenters. The first-order chi connectivity index (χ1) is 15.0. The second-order valence-electron chi connectivity index (χ2n) is 7.00. The van der Waals surface area contributed by atoms with Crippen LogP contribution in [-0.2, 0) is 11.8 Å². The van der Waals surface area contributed by atoms with Gasteiger partial charge in [-0.15, -0.1) is 0 Å². The van der Waals surface area contributed by atoms with Crippen molar-refractivity contribution in [3.63, 3.8) is 0 Å². The molecule has 158 valence electrons. The van der Waals surface area contributed by atoms with Gasteiger partial charge >= 0.3 is 0 Å². The summed E-state index contributed by atoms with van der Waals surface area (Å²) in [7, 11) is 3.30. The van der Waals surface area contributed by atoms with E-state index in [1.54, 1.807) is 10.9 Å². The summed E-state index contributed by atoms with van der Waals surface area (Å²) >= 11 is 0. The van der Waals surface area contributed by atoms with E-state index in [9.17, 15) is 4.79 Å². The van der Waals surface area contributed by atoms with Crippen molar-refractivity contribution in [3.05, 3.63) is 42.5 Å². The fourth-order valence-corrected chi connectivity index (χ4v) is 3.50. The van der Waals surface area contributed by atoms with Crippen LogP contribution in [0.4, 0.5) is 23.3 Å². The number of ether oxygens (including phenoxy) is 1. The molecule has 2 N–H and O–H groups in total. The minimum Gasteiger partial charge on any atom is -0.490 e. The third kappa shape index (κ3) is 3.95. The van der Waals surface area contributed by atoms with Crippen LogP contribution in [0.15, 0.2) is 31.1 Å². The Morgan fingerprint density at radius 3 is 3.00 bits per heavy atom. The topological polar surface area (TPSA) is 114 Å². The van der Waals surface area contributed by atoms with Crippen molar-refractivity contribution in [3.8, 4) is 5.88 Å². The third-order valence-corrected chi connectivity index (χ3v) is 5.04. The summed E-state index contributed by atoms with van der Waals surface area (Å²) in [6.07, 6.45) is 5.25. The van der Waals surface area contributed by atoms with Crippen molar-refractivity contribution < 1.29 is 9.53 Å². The predicted molar refractivity (Wildman–Crippen MR) is 116 cm³/mol. The molecule has 1 atom stereocenters. The Kier molecular flexibility index (Phi) is 5.36. The largest absolute Gasteiger partial charge is 0.490 e. The van der Waals surface area contributed by atoms with Gasteiger partial charge in [0.25, 0.3) is 5.69 Å². The molecule has 11 nitrogen and oxygen atoms in total. The Hall–Kier alpha value is -4.20. The second-order valence-corrected chi connectivity index (χ2v) is 7.00. The maximum absolute atomic E-state index is 11.6. The average Bonchev–Trinajstić information content (AvgIpc) is 3.37. The van der Waals surface area contributed by atoms with Crippen molar-refractivity contribution >= 4 is 40.1 Å². The number of rotatable bonds is 6. The molecule has 1 fully saturated rings. The highest BCUT2D eigenvalue weighted by molar-refractivity contribution is 6.04. The highest BCUT2D eigenvalue weighted by Gasteiger charge is 2.25. The molecule has 4 heterocycles. The van der Waals surface area contributed by atoms with Crippen LogP contribution >= 0.6 is 0 Å². The van der Waals surface area contributed by atoms with E-state index in [4.69, 9.17) is 11.3 Å². The number of fused-ring (bicyclic) bond motifs is 1. The van der Waals surface area contributed by atoms with Gasteiger partial charge in [0.2, 0.25) is 17.7 Å². The van der Waals surface area contributed by atoms with Crippen LogP contribution in [0.2, 0.25) is 0 Å². The molecule has 0 saturated carbocycles. The van der Waals surface area contributed by atoms with E-state index in [1.807, 2.05) is 13.1 Å². The fraction of sp³-hybridized carbons (Fsp3) is 0.300. The van der Waals surface area contributed by atoms with E-state index in [0.29, 0.717) is 18.3 Å². The van der Waals surface area contributed by atoms with Crippen LogP contribution in [0.1, 0.15) is 6.42 Å². The molecule has 0 radical (unpaired) electrons. The summed E-state index contributed by atoms with van der Waals surface area (Å²) < 4.78 is 6.86. The fourth-order valence-electron chi connectivity index (χ4n) is 3.50. The van der Waals surface area contributed by atoms with E-state index in [2.05, 4.69) is 47.0 Å². The number of amides is 1. The van der Waals surface area contributed by atoms with Gasteiger partial charge in [0.05, 0.1) is 24.6 Å². The molecule has 0 aromatic carbocycles. The van der Waals surface area contributed by atoms with Gasteiger partial charge in [0.15, 0.2) is 5.82 Å². The highest BCUT2D eigenvalue weighted by Crippen LogP contribution is 2.28. The Morgan fingerprint density at radius 2 is 2.26 bits per heavy atom. The Balaban J connectivity index is 1.49. The predicted octanol–water partition coefficient (Wildman–Crippen LogP) is 2.13. The molecule has 1 aliphatic heterocycles. The number of aryl methyl sites for hydroxylation is 1. The number of hydrogen-bond donors (Lipinski definition) is 2. The Bertz CT molecular complexity index is 1200. The first-order valence-corrected chi connectivity index (χ1v) is 9.58.